The minimum atomic E-state index is 0.340. The quantitative estimate of drug-likeness (QED) is 0.876. The van der Waals surface area contributed by atoms with Crippen LogP contribution in [0.25, 0.3) is 0 Å². The first-order valence-corrected chi connectivity index (χ1v) is 6.59. The van der Waals surface area contributed by atoms with Gasteiger partial charge in [-0.2, -0.15) is 0 Å². The largest absolute Gasteiger partial charge is 0.495 e. The molecule has 1 aromatic heterocycles. The summed E-state index contributed by atoms with van der Waals surface area (Å²) < 4.78 is 5.39. The molecule has 0 aliphatic carbocycles. The molecular formula is C15H17N3OS. The molecule has 4 nitrogen and oxygen atoms in total. The summed E-state index contributed by atoms with van der Waals surface area (Å²) in [7, 11) is 3.56. The minimum Gasteiger partial charge on any atom is -0.495 e. The Morgan fingerprint density at radius 1 is 1.30 bits per heavy atom. The molecule has 104 valence electrons. The van der Waals surface area contributed by atoms with Crippen molar-refractivity contribution in [3.8, 4) is 5.75 Å². The maximum Gasteiger partial charge on any atom is 0.143 e. The second-order valence-corrected chi connectivity index (χ2v) is 4.86. The maximum absolute atomic E-state index is 5.84. The fraction of sp³-hybridized carbons (Fsp3) is 0.200. The number of pyridine rings is 1. The number of rotatable bonds is 4. The van der Waals surface area contributed by atoms with Crippen molar-refractivity contribution in [2.24, 2.45) is 5.73 Å². The predicted molar refractivity (Wildman–Crippen MR) is 85.9 cm³/mol. The number of hydrogen-bond acceptors (Lipinski definition) is 4. The van der Waals surface area contributed by atoms with Crippen LogP contribution in [-0.4, -0.2) is 24.1 Å². The molecule has 2 rings (SSSR count). The van der Waals surface area contributed by atoms with Crippen LogP contribution in [0.3, 0.4) is 0 Å². The highest BCUT2D eigenvalue weighted by molar-refractivity contribution is 7.80. The Balaban J connectivity index is 2.57. The van der Waals surface area contributed by atoms with E-state index < -0.39 is 0 Å². The SMILES string of the molecule is COc1ccccc1N(C)c1nccc(C)c1C(N)=S. The van der Waals surface area contributed by atoms with Gasteiger partial charge >= 0.3 is 0 Å². The highest BCUT2D eigenvalue weighted by atomic mass is 32.1. The third kappa shape index (κ3) is 2.58. The van der Waals surface area contributed by atoms with Gasteiger partial charge in [-0.15, -0.1) is 0 Å². The van der Waals surface area contributed by atoms with Crippen LogP contribution in [0, 0.1) is 6.92 Å². The van der Waals surface area contributed by atoms with Gasteiger partial charge in [0.1, 0.15) is 16.6 Å². The summed E-state index contributed by atoms with van der Waals surface area (Å²) >= 11 is 5.15. The number of benzene rings is 1. The van der Waals surface area contributed by atoms with E-state index in [1.165, 1.54) is 0 Å². The van der Waals surface area contributed by atoms with Crippen molar-refractivity contribution in [3.05, 3.63) is 47.7 Å². The average molecular weight is 287 g/mol. The molecule has 1 heterocycles. The fourth-order valence-corrected chi connectivity index (χ4v) is 2.38. The Morgan fingerprint density at radius 2 is 2.00 bits per heavy atom. The monoisotopic (exact) mass is 287 g/mol. The van der Waals surface area contributed by atoms with Crippen molar-refractivity contribution in [1.82, 2.24) is 4.98 Å². The Labute approximate surface area is 124 Å². The number of methoxy groups -OCH3 is 1. The van der Waals surface area contributed by atoms with E-state index in [0.29, 0.717) is 4.99 Å². The lowest BCUT2D eigenvalue weighted by Crippen LogP contribution is -2.20. The van der Waals surface area contributed by atoms with Gasteiger partial charge in [0, 0.05) is 13.2 Å². The van der Waals surface area contributed by atoms with E-state index in [2.05, 4.69) is 4.98 Å². The van der Waals surface area contributed by atoms with Crippen LogP contribution < -0.4 is 15.4 Å². The van der Waals surface area contributed by atoms with E-state index in [4.69, 9.17) is 22.7 Å². The zero-order chi connectivity index (χ0) is 14.7. The number of para-hydroxylation sites is 2. The number of ether oxygens (including phenoxy) is 1. The Morgan fingerprint density at radius 3 is 2.65 bits per heavy atom. The van der Waals surface area contributed by atoms with Gasteiger partial charge in [-0.25, -0.2) is 4.98 Å². The van der Waals surface area contributed by atoms with E-state index in [0.717, 1.165) is 28.4 Å². The van der Waals surface area contributed by atoms with E-state index >= 15 is 0 Å². The van der Waals surface area contributed by atoms with Gasteiger partial charge in [-0.05, 0) is 30.7 Å². The summed E-state index contributed by atoms with van der Waals surface area (Å²) in [6.45, 7) is 1.97. The molecule has 20 heavy (non-hydrogen) atoms. The maximum atomic E-state index is 5.84. The Bertz CT molecular complexity index is 643. The summed E-state index contributed by atoms with van der Waals surface area (Å²) in [5.41, 5.74) is 8.54. The van der Waals surface area contributed by atoms with Gasteiger partial charge in [-0.3, -0.25) is 0 Å². The van der Waals surface area contributed by atoms with Crippen molar-refractivity contribution in [3.63, 3.8) is 0 Å². The molecule has 0 saturated carbocycles. The van der Waals surface area contributed by atoms with E-state index in [-0.39, 0.29) is 0 Å². The lowest BCUT2D eigenvalue weighted by molar-refractivity contribution is 0.415. The zero-order valence-corrected chi connectivity index (χ0v) is 12.6. The molecule has 0 spiro atoms. The summed E-state index contributed by atoms with van der Waals surface area (Å²) in [6, 6.07) is 9.64. The lowest BCUT2D eigenvalue weighted by atomic mass is 10.1. The van der Waals surface area contributed by atoms with Crippen molar-refractivity contribution in [1.29, 1.82) is 0 Å². The zero-order valence-electron chi connectivity index (χ0n) is 11.8. The number of anilines is 2. The molecule has 0 bridgehead atoms. The number of nitrogens with two attached hydrogens (primary N) is 1. The first kappa shape index (κ1) is 14.3. The summed E-state index contributed by atoms with van der Waals surface area (Å²) in [5.74, 6) is 1.49. The van der Waals surface area contributed by atoms with Crippen LogP contribution in [0.5, 0.6) is 5.75 Å². The molecule has 1 aromatic carbocycles. The molecule has 0 unspecified atom stereocenters. The van der Waals surface area contributed by atoms with Crippen LogP contribution in [-0.2, 0) is 0 Å². The third-order valence-corrected chi connectivity index (χ3v) is 3.35. The highest BCUT2D eigenvalue weighted by Crippen LogP contribution is 2.33. The van der Waals surface area contributed by atoms with Crippen LogP contribution in [0.1, 0.15) is 11.1 Å². The average Bonchev–Trinajstić information content (AvgIpc) is 2.45. The fourth-order valence-electron chi connectivity index (χ4n) is 2.12. The molecule has 5 heteroatoms. The van der Waals surface area contributed by atoms with Gasteiger partial charge in [0.15, 0.2) is 0 Å². The molecular weight excluding hydrogens is 270 g/mol. The standard InChI is InChI=1S/C15H17N3OS/c1-10-8-9-17-15(13(10)14(16)20)18(2)11-6-4-5-7-12(11)19-3/h4-9H,1-3H3,(H2,16,20). The van der Waals surface area contributed by atoms with Crippen LogP contribution >= 0.6 is 12.2 Å². The van der Waals surface area contributed by atoms with E-state index in [1.807, 2.05) is 49.2 Å². The molecule has 0 atom stereocenters. The Hall–Kier alpha value is -2.14. The van der Waals surface area contributed by atoms with E-state index in [9.17, 15) is 0 Å². The molecule has 0 aliphatic heterocycles. The van der Waals surface area contributed by atoms with Gasteiger partial charge in [-0.1, -0.05) is 24.4 Å². The molecule has 0 radical (unpaired) electrons. The van der Waals surface area contributed by atoms with Crippen molar-refractivity contribution < 1.29 is 4.74 Å². The molecule has 0 amide bonds. The van der Waals surface area contributed by atoms with Crippen molar-refractivity contribution in [2.75, 3.05) is 19.1 Å². The van der Waals surface area contributed by atoms with Crippen LogP contribution in [0.15, 0.2) is 36.5 Å². The van der Waals surface area contributed by atoms with E-state index in [1.54, 1.807) is 13.3 Å². The number of thiocarbonyl (C=S) groups is 1. The number of nitrogens with zero attached hydrogens (tertiary/aromatic N) is 2. The predicted octanol–water partition coefficient (Wildman–Crippen LogP) is 2.80. The molecule has 0 saturated heterocycles. The number of aromatic nitrogens is 1. The molecule has 2 N–H and O–H groups in total. The summed E-state index contributed by atoms with van der Waals surface area (Å²) in [4.78, 5) is 6.69. The van der Waals surface area contributed by atoms with Crippen molar-refractivity contribution >= 4 is 28.7 Å². The second kappa shape index (κ2) is 5.88. The third-order valence-electron chi connectivity index (χ3n) is 3.15. The Kier molecular flexibility index (Phi) is 4.20. The lowest BCUT2D eigenvalue weighted by Gasteiger charge is -2.23. The molecule has 0 aliphatic rings. The molecule has 2 aromatic rings. The van der Waals surface area contributed by atoms with Crippen molar-refractivity contribution in [2.45, 2.75) is 6.92 Å². The smallest absolute Gasteiger partial charge is 0.143 e. The van der Waals surface area contributed by atoms with Gasteiger partial charge in [0.2, 0.25) is 0 Å². The van der Waals surface area contributed by atoms with Gasteiger partial charge in [0.05, 0.1) is 18.4 Å². The first-order chi connectivity index (χ1) is 9.56. The topological polar surface area (TPSA) is 51.4 Å². The van der Waals surface area contributed by atoms with Crippen LogP contribution in [0.4, 0.5) is 11.5 Å². The minimum absolute atomic E-state index is 0.340. The first-order valence-electron chi connectivity index (χ1n) is 6.18. The summed E-state index contributed by atoms with van der Waals surface area (Å²) in [6.07, 6.45) is 1.75. The molecule has 0 fully saturated rings. The van der Waals surface area contributed by atoms with Gasteiger partial charge < -0.3 is 15.4 Å². The van der Waals surface area contributed by atoms with Gasteiger partial charge in [0.25, 0.3) is 0 Å². The normalized spacial score (nSPS) is 10.2. The number of aryl methyl sites for hydroxylation is 1. The number of hydrogen-bond donors (Lipinski definition) is 1. The summed E-state index contributed by atoms with van der Waals surface area (Å²) in [5, 5.41) is 0. The highest BCUT2D eigenvalue weighted by Gasteiger charge is 2.17. The van der Waals surface area contributed by atoms with Crippen LogP contribution in [0.2, 0.25) is 0 Å². The second-order valence-electron chi connectivity index (χ2n) is 4.42.